The van der Waals surface area contributed by atoms with Gasteiger partial charge in [0.1, 0.15) is 5.15 Å². The van der Waals surface area contributed by atoms with Crippen LogP contribution in [0.25, 0.3) is 10.9 Å². The number of fused-ring (bicyclic) bond motifs is 1. The molecule has 37 heavy (non-hydrogen) atoms. The van der Waals surface area contributed by atoms with E-state index in [1.165, 1.54) is 11.1 Å². The molecule has 0 N–H and O–H groups in total. The molecule has 0 spiro atoms. The predicted molar refractivity (Wildman–Crippen MR) is 142 cm³/mol. The van der Waals surface area contributed by atoms with Crippen LogP contribution in [-0.2, 0) is 27.7 Å². The zero-order valence-electron chi connectivity index (χ0n) is 20.4. The van der Waals surface area contributed by atoms with Crippen molar-refractivity contribution < 1.29 is 17.9 Å². The van der Waals surface area contributed by atoms with Gasteiger partial charge in [0.05, 0.1) is 29.9 Å². The molecule has 0 aliphatic heterocycles. The van der Waals surface area contributed by atoms with Gasteiger partial charge in [0.25, 0.3) is 5.91 Å². The number of hydrogen-bond acceptors (Lipinski definition) is 7. The van der Waals surface area contributed by atoms with Crippen molar-refractivity contribution in [2.24, 2.45) is 0 Å². The van der Waals surface area contributed by atoms with Crippen molar-refractivity contribution >= 4 is 43.9 Å². The number of carbonyl (C=O) groups excluding carboxylic acids is 1. The molecule has 1 amide bonds. The number of carbonyl (C=O) groups is 1. The summed E-state index contributed by atoms with van der Waals surface area (Å²) in [6.45, 7) is 0.432. The van der Waals surface area contributed by atoms with E-state index >= 15 is 0 Å². The molecule has 0 atom stereocenters. The largest absolute Gasteiger partial charge is 0.380 e. The van der Waals surface area contributed by atoms with Crippen LogP contribution in [0.2, 0.25) is 5.15 Å². The number of sulfone groups is 1. The summed E-state index contributed by atoms with van der Waals surface area (Å²) in [5, 5.41) is 1.04. The Morgan fingerprint density at radius 1 is 1.14 bits per heavy atom. The van der Waals surface area contributed by atoms with Crippen LogP contribution < -0.4 is 4.90 Å². The second-order valence-corrected chi connectivity index (χ2v) is 11.4. The van der Waals surface area contributed by atoms with E-state index in [1.54, 1.807) is 31.5 Å². The number of anilines is 1. The van der Waals surface area contributed by atoms with Gasteiger partial charge in [0, 0.05) is 48.3 Å². The van der Waals surface area contributed by atoms with Crippen molar-refractivity contribution in [3.05, 3.63) is 88.5 Å². The molecular weight excluding hydrogens is 512 g/mol. The number of amides is 1. The molecule has 4 aromatic rings. The van der Waals surface area contributed by atoms with Crippen LogP contribution in [0.15, 0.2) is 66.0 Å². The highest BCUT2D eigenvalue weighted by atomic mass is 35.5. The normalized spacial score (nSPS) is 13.6. The minimum Gasteiger partial charge on any atom is -0.380 e. The Labute approximate surface area is 220 Å². The Morgan fingerprint density at radius 3 is 2.62 bits per heavy atom. The van der Waals surface area contributed by atoms with Crippen molar-refractivity contribution in [2.45, 2.75) is 36.9 Å². The highest BCUT2D eigenvalue weighted by molar-refractivity contribution is 7.90. The number of benzene rings is 1. The van der Waals surface area contributed by atoms with Gasteiger partial charge in [0.15, 0.2) is 14.9 Å². The van der Waals surface area contributed by atoms with E-state index in [2.05, 4.69) is 15.0 Å². The Hall–Kier alpha value is -3.40. The number of nitrogens with zero attached hydrogens (tertiary/aromatic N) is 4. The van der Waals surface area contributed by atoms with Crippen LogP contribution in [0.3, 0.4) is 0 Å². The van der Waals surface area contributed by atoms with E-state index in [0.29, 0.717) is 28.8 Å². The van der Waals surface area contributed by atoms with Crippen molar-refractivity contribution in [3.63, 3.8) is 0 Å². The van der Waals surface area contributed by atoms with Crippen molar-refractivity contribution in [1.29, 1.82) is 0 Å². The number of hydrogen-bond donors (Lipinski definition) is 0. The third kappa shape index (κ3) is 5.49. The van der Waals surface area contributed by atoms with Gasteiger partial charge in [0.2, 0.25) is 0 Å². The molecule has 8 nitrogen and oxygen atoms in total. The summed E-state index contributed by atoms with van der Waals surface area (Å²) >= 11 is 6.34. The summed E-state index contributed by atoms with van der Waals surface area (Å²) < 4.78 is 30.3. The first-order valence-corrected chi connectivity index (χ1v) is 14.0. The monoisotopic (exact) mass is 536 g/mol. The molecule has 1 fully saturated rings. The summed E-state index contributed by atoms with van der Waals surface area (Å²) in [4.78, 5) is 28.2. The Bertz CT molecular complexity index is 1590. The number of halogens is 1. The average Bonchev–Trinajstić information content (AvgIpc) is 3.73. The fraction of sp³-hybridized carbons (Fsp3) is 0.259. The summed E-state index contributed by atoms with van der Waals surface area (Å²) in [7, 11) is -2.12. The second kappa shape index (κ2) is 10.2. The lowest BCUT2D eigenvalue weighted by atomic mass is 10.1. The zero-order chi connectivity index (χ0) is 26.2. The number of methoxy groups -OCH3 is 1. The molecule has 10 heteroatoms. The highest BCUT2D eigenvalue weighted by Crippen LogP contribution is 2.39. The van der Waals surface area contributed by atoms with E-state index < -0.39 is 9.84 Å². The van der Waals surface area contributed by atoms with Gasteiger partial charge in [-0.05, 0) is 54.8 Å². The SMILES string of the molecule is COCc1cc2ccc(CN(C(=O)c3ccc(C4CC4)nc3)c3cccnc3S(C)(=O)=O)cc2nc1Cl. The number of aromatic nitrogens is 3. The molecule has 0 unspecified atom stereocenters. The van der Waals surface area contributed by atoms with Crippen LogP contribution in [0.4, 0.5) is 5.69 Å². The first kappa shape index (κ1) is 25.3. The smallest absolute Gasteiger partial charge is 0.260 e. The summed E-state index contributed by atoms with van der Waals surface area (Å²) in [5.74, 6) is 0.0750. The predicted octanol–water partition coefficient (Wildman–Crippen LogP) is 4.95. The number of pyridine rings is 3. The van der Waals surface area contributed by atoms with Crippen molar-refractivity contribution in [3.8, 4) is 0 Å². The molecule has 190 valence electrons. The van der Waals surface area contributed by atoms with Gasteiger partial charge >= 0.3 is 0 Å². The zero-order valence-corrected chi connectivity index (χ0v) is 22.0. The van der Waals surface area contributed by atoms with Crippen LogP contribution in [0.1, 0.15) is 45.9 Å². The first-order valence-electron chi connectivity index (χ1n) is 11.7. The van der Waals surface area contributed by atoms with Crippen LogP contribution in [0, 0.1) is 0 Å². The lowest BCUT2D eigenvalue weighted by Gasteiger charge is -2.24. The molecule has 3 heterocycles. The molecule has 0 bridgehead atoms. The second-order valence-electron chi connectivity index (χ2n) is 9.14. The average molecular weight is 537 g/mol. The van der Waals surface area contributed by atoms with Crippen LogP contribution in [-0.4, -0.2) is 42.6 Å². The van der Waals surface area contributed by atoms with Crippen LogP contribution >= 0.6 is 11.6 Å². The molecule has 3 aromatic heterocycles. The maximum atomic E-state index is 13.8. The Kier molecular flexibility index (Phi) is 6.94. The van der Waals surface area contributed by atoms with Gasteiger partial charge in [-0.2, -0.15) is 0 Å². The standard InChI is InChI=1S/C27H25ClN4O4S/c1-36-16-21-13-19-6-5-17(12-23(19)31-25(21)28)15-32(24-4-3-11-29-26(24)37(2,34)35)27(33)20-9-10-22(30-14-20)18-7-8-18/h3-6,9-14,18H,7-8,15-16H2,1-2H3. The van der Waals surface area contributed by atoms with Gasteiger partial charge in [-0.1, -0.05) is 23.7 Å². The molecular formula is C27H25ClN4O4S. The number of ether oxygens (including phenoxy) is 1. The third-order valence-corrected chi connectivity index (χ3v) is 7.56. The molecule has 1 saturated carbocycles. The van der Waals surface area contributed by atoms with E-state index in [1.807, 2.05) is 30.3 Å². The third-order valence-electron chi connectivity index (χ3n) is 6.22. The minimum absolute atomic E-state index is 0.0898. The molecule has 1 aliphatic rings. The molecule has 1 aromatic carbocycles. The molecule has 1 aliphatic carbocycles. The van der Waals surface area contributed by atoms with Gasteiger partial charge < -0.3 is 9.64 Å². The van der Waals surface area contributed by atoms with Gasteiger partial charge in [-0.3, -0.25) is 9.78 Å². The molecule has 5 rings (SSSR count). The van der Waals surface area contributed by atoms with Gasteiger partial charge in [-0.15, -0.1) is 0 Å². The quantitative estimate of drug-likeness (QED) is 0.293. The Morgan fingerprint density at radius 2 is 1.95 bits per heavy atom. The lowest BCUT2D eigenvalue weighted by molar-refractivity contribution is 0.0984. The van der Waals surface area contributed by atoms with E-state index in [0.717, 1.165) is 41.3 Å². The topological polar surface area (TPSA) is 102 Å². The summed E-state index contributed by atoms with van der Waals surface area (Å²) in [5.41, 5.74) is 3.69. The summed E-state index contributed by atoms with van der Waals surface area (Å²) in [6, 6.07) is 14.3. The molecule has 0 saturated heterocycles. The maximum Gasteiger partial charge on any atom is 0.260 e. The fourth-order valence-electron chi connectivity index (χ4n) is 4.22. The van der Waals surface area contributed by atoms with Gasteiger partial charge in [-0.25, -0.2) is 18.4 Å². The minimum atomic E-state index is -3.71. The molecule has 0 radical (unpaired) electrons. The lowest BCUT2D eigenvalue weighted by Crippen LogP contribution is -2.32. The highest BCUT2D eigenvalue weighted by Gasteiger charge is 2.28. The fourth-order valence-corrected chi connectivity index (χ4v) is 5.23. The van der Waals surface area contributed by atoms with E-state index in [-0.39, 0.29) is 23.2 Å². The number of rotatable bonds is 8. The van der Waals surface area contributed by atoms with Crippen molar-refractivity contribution in [2.75, 3.05) is 18.3 Å². The van der Waals surface area contributed by atoms with E-state index in [9.17, 15) is 13.2 Å². The van der Waals surface area contributed by atoms with E-state index in [4.69, 9.17) is 16.3 Å². The summed E-state index contributed by atoms with van der Waals surface area (Å²) in [6.07, 6.45) is 6.24. The maximum absolute atomic E-state index is 13.8. The van der Waals surface area contributed by atoms with Crippen molar-refractivity contribution in [1.82, 2.24) is 15.0 Å². The van der Waals surface area contributed by atoms with Crippen LogP contribution in [0.5, 0.6) is 0 Å². The Balaban J connectivity index is 1.55. The first-order chi connectivity index (χ1) is 17.7.